The number of hydrogen-bond acceptors (Lipinski definition) is 2. The predicted octanol–water partition coefficient (Wildman–Crippen LogP) is 0.474. The minimum Gasteiger partial charge on any atom is -0.343 e. The second-order valence-corrected chi connectivity index (χ2v) is 1.53. The molecule has 0 N–H and O–H groups in total. The molecule has 0 saturated heterocycles. The maximum absolute atomic E-state index is 3.97. The molecule has 0 aliphatic carbocycles. The first-order chi connectivity index (χ1) is 3.39. The lowest BCUT2D eigenvalue weighted by atomic mass is 10.5. The third-order valence-electron chi connectivity index (χ3n) is 0.815. The van der Waals surface area contributed by atoms with E-state index in [1.807, 2.05) is 24.2 Å². The highest BCUT2D eigenvalue weighted by atomic mass is 15.1. The van der Waals surface area contributed by atoms with Gasteiger partial charge in [-0.3, -0.25) is 4.99 Å². The van der Waals surface area contributed by atoms with Crippen molar-refractivity contribution in [3.8, 4) is 0 Å². The molecule has 0 fully saturated rings. The molecule has 0 atom stereocenters. The van der Waals surface area contributed by atoms with Crippen LogP contribution in [-0.2, 0) is 0 Å². The van der Waals surface area contributed by atoms with Crippen LogP contribution in [0.5, 0.6) is 0 Å². The first kappa shape index (κ1) is 4.37. The quantitative estimate of drug-likeness (QED) is 0.428. The highest BCUT2D eigenvalue weighted by Crippen LogP contribution is 1.86. The van der Waals surface area contributed by atoms with E-state index in [1.165, 1.54) is 0 Å². The normalized spacial score (nSPS) is 18.1. The van der Waals surface area contributed by atoms with Crippen LogP contribution in [-0.4, -0.2) is 24.8 Å². The van der Waals surface area contributed by atoms with Crippen molar-refractivity contribution in [3.05, 3.63) is 12.3 Å². The first-order valence-corrected chi connectivity index (χ1v) is 2.28. The van der Waals surface area contributed by atoms with Gasteiger partial charge in [-0.05, 0) is 6.08 Å². The van der Waals surface area contributed by atoms with Crippen LogP contribution in [0.2, 0.25) is 0 Å². The topological polar surface area (TPSA) is 15.6 Å². The Morgan fingerprint density at radius 3 is 2.86 bits per heavy atom. The molecule has 7 heavy (non-hydrogen) atoms. The van der Waals surface area contributed by atoms with Gasteiger partial charge in [0.15, 0.2) is 0 Å². The van der Waals surface area contributed by atoms with Gasteiger partial charge in [0.2, 0.25) is 0 Å². The molecule has 0 amide bonds. The monoisotopic (exact) mass is 96.1 g/mol. The molecule has 38 valence electrons. The highest BCUT2D eigenvalue weighted by Gasteiger charge is 1.85. The largest absolute Gasteiger partial charge is 0.343 e. The van der Waals surface area contributed by atoms with E-state index in [2.05, 4.69) is 4.99 Å². The predicted molar refractivity (Wildman–Crippen MR) is 30.3 cm³/mol. The maximum atomic E-state index is 3.97. The summed E-state index contributed by atoms with van der Waals surface area (Å²) in [5, 5.41) is 0. The average molecular weight is 96.1 g/mol. The van der Waals surface area contributed by atoms with E-state index in [1.54, 1.807) is 6.34 Å². The molecule has 0 saturated carbocycles. The zero-order chi connectivity index (χ0) is 5.11. The molecule has 2 nitrogen and oxygen atoms in total. The van der Waals surface area contributed by atoms with E-state index in [0.29, 0.717) is 0 Å². The average Bonchev–Trinajstić information content (AvgIpc) is 1.69. The summed E-state index contributed by atoms with van der Waals surface area (Å²) >= 11 is 0. The first-order valence-electron chi connectivity index (χ1n) is 2.28. The summed E-state index contributed by atoms with van der Waals surface area (Å²) in [7, 11) is 1.96. The van der Waals surface area contributed by atoms with Crippen LogP contribution in [0.4, 0.5) is 0 Å². The lowest BCUT2D eigenvalue weighted by molar-refractivity contribution is 0.692. The molecule has 1 heterocycles. The SMILES string of the molecule is CN1C=CCN=C1. The van der Waals surface area contributed by atoms with Gasteiger partial charge in [-0.1, -0.05) is 0 Å². The van der Waals surface area contributed by atoms with Gasteiger partial charge in [0, 0.05) is 13.2 Å². The van der Waals surface area contributed by atoms with E-state index < -0.39 is 0 Å². The van der Waals surface area contributed by atoms with Crippen molar-refractivity contribution in [3.63, 3.8) is 0 Å². The van der Waals surface area contributed by atoms with Crippen LogP contribution in [0, 0.1) is 0 Å². The molecule has 2 heteroatoms. The third kappa shape index (κ3) is 1.03. The van der Waals surface area contributed by atoms with Crippen molar-refractivity contribution in [2.45, 2.75) is 0 Å². The standard InChI is InChI=1S/C5H8N2/c1-7-4-2-3-6-5-7/h2,4-5H,3H2,1H3. The maximum Gasteiger partial charge on any atom is 0.0890 e. The highest BCUT2D eigenvalue weighted by molar-refractivity contribution is 5.57. The Morgan fingerprint density at radius 1 is 1.71 bits per heavy atom. The van der Waals surface area contributed by atoms with Gasteiger partial charge >= 0.3 is 0 Å². The van der Waals surface area contributed by atoms with Crippen molar-refractivity contribution in [1.82, 2.24) is 4.90 Å². The molecule has 0 unspecified atom stereocenters. The Balaban J connectivity index is 2.49. The summed E-state index contributed by atoms with van der Waals surface area (Å²) in [6, 6.07) is 0. The fraction of sp³-hybridized carbons (Fsp3) is 0.400. The molecule has 0 spiro atoms. The molecule has 0 aromatic carbocycles. The van der Waals surface area contributed by atoms with Crippen LogP contribution < -0.4 is 0 Å². The summed E-state index contributed by atoms with van der Waals surface area (Å²) in [4.78, 5) is 5.89. The molecule has 0 aromatic rings. The Hall–Kier alpha value is -0.790. The second-order valence-electron chi connectivity index (χ2n) is 1.53. The number of rotatable bonds is 0. The van der Waals surface area contributed by atoms with Crippen LogP contribution in [0.25, 0.3) is 0 Å². The van der Waals surface area contributed by atoms with Crippen molar-refractivity contribution in [1.29, 1.82) is 0 Å². The Labute approximate surface area is 43.2 Å². The van der Waals surface area contributed by atoms with Gasteiger partial charge in [0.25, 0.3) is 0 Å². The Bertz CT molecular complexity index is 92.6. The fourth-order valence-corrected chi connectivity index (χ4v) is 0.489. The molecule has 0 bridgehead atoms. The number of nitrogens with zero attached hydrogens (tertiary/aromatic N) is 2. The second kappa shape index (κ2) is 1.78. The molecule has 0 radical (unpaired) electrons. The van der Waals surface area contributed by atoms with E-state index in [-0.39, 0.29) is 0 Å². The summed E-state index contributed by atoms with van der Waals surface area (Å²) < 4.78 is 0. The van der Waals surface area contributed by atoms with Crippen LogP contribution in [0.15, 0.2) is 17.3 Å². The minimum atomic E-state index is 0.838. The Morgan fingerprint density at radius 2 is 2.57 bits per heavy atom. The lowest BCUT2D eigenvalue weighted by Gasteiger charge is -2.07. The molecule has 1 aliphatic heterocycles. The fourth-order valence-electron chi connectivity index (χ4n) is 0.489. The lowest BCUT2D eigenvalue weighted by Crippen LogP contribution is -2.10. The zero-order valence-electron chi connectivity index (χ0n) is 4.33. The molecular weight excluding hydrogens is 88.1 g/mol. The van der Waals surface area contributed by atoms with Gasteiger partial charge < -0.3 is 4.90 Å². The van der Waals surface area contributed by atoms with Crippen molar-refractivity contribution in [2.75, 3.05) is 13.6 Å². The van der Waals surface area contributed by atoms with Gasteiger partial charge in [0.1, 0.15) is 0 Å². The minimum absolute atomic E-state index is 0.838. The molecular formula is C5H8N2. The zero-order valence-corrected chi connectivity index (χ0v) is 4.33. The number of hydrogen-bond donors (Lipinski definition) is 0. The molecule has 1 aliphatic rings. The smallest absolute Gasteiger partial charge is 0.0890 e. The summed E-state index contributed by atoms with van der Waals surface area (Å²) in [5.74, 6) is 0. The van der Waals surface area contributed by atoms with Gasteiger partial charge in [-0.2, -0.15) is 0 Å². The van der Waals surface area contributed by atoms with E-state index in [4.69, 9.17) is 0 Å². The number of aliphatic imine (C=N–C) groups is 1. The van der Waals surface area contributed by atoms with E-state index in [9.17, 15) is 0 Å². The summed E-state index contributed by atoms with van der Waals surface area (Å²) in [5.41, 5.74) is 0. The van der Waals surface area contributed by atoms with Crippen molar-refractivity contribution < 1.29 is 0 Å². The molecule has 0 aromatic heterocycles. The van der Waals surface area contributed by atoms with Gasteiger partial charge in [-0.15, -0.1) is 0 Å². The Kier molecular flexibility index (Phi) is 1.11. The van der Waals surface area contributed by atoms with Crippen molar-refractivity contribution in [2.24, 2.45) is 4.99 Å². The third-order valence-corrected chi connectivity index (χ3v) is 0.815. The van der Waals surface area contributed by atoms with Gasteiger partial charge in [-0.25, -0.2) is 0 Å². The summed E-state index contributed by atoms with van der Waals surface area (Å²) in [6.45, 7) is 0.838. The van der Waals surface area contributed by atoms with Gasteiger partial charge in [0.05, 0.1) is 12.9 Å². The molecule has 1 rings (SSSR count). The van der Waals surface area contributed by atoms with E-state index in [0.717, 1.165) is 6.54 Å². The van der Waals surface area contributed by atoms with E-state index >= 15 is 0 Å². The van der Waals surface area contributed by atoms with Crippen LogP contribution in [0.1, 0.15) is 0 Å². The van der Waals surface area contributed by atoms with Crippen LogP contribution in [0.3, 0.4) is 0 Å². The summed E-state index contributed by atoms with van der Waals surface area (Å²) in [6.07, 6.45) is 5.81. The van der Waals surface area contributed by atoms with Crippen LogP contribution >= 0.6 is 0 Å². The van der Waals surface area contributed by atoms with Crippen molar-refractivity contribution >= 4 is 6.34 Å².